The maximum absolute atomic E-state index is 12.3. The van der Waals surface area contributed by atoms with Crippen molar-refractivity contribution in [3.05, 3.63) is 41.5 Å². The molecule has 0 saturated heterocycles. The first-order valence-corrected chi connectivity index (χ1v) is 19.4. The molecular formula is C38H64O3S. The molecule has 0 unspecified atom stereocenters. The molecular weight excluding hydrogens is 536 g/mol. The molecule has 2 aromatic carbocycles. The molecule has 0 amide bonds. The Morgan fingerprint density at radius 3 is 1.33 bits per heavy atom. The lowest BCUT2D eigenvalue weighted by atomic mass is 9.95. The Kier molecular flexibility index (Phi) is 20.2. The largest absolute Gasteiger partial charge is 0.295 e. The van der Waals surface area contributed by atoms with Gasteiger partial charge in [-0.2, -0.15) is 8.42 Å². The van der Waals surface area contributed by atoms with E-state index in [0.29, 0.717) is 5.39 Å². The molecule has 4 heteroatoms. The van der Waals surface area contributed by atoms with E-state index < -0.39 is 10.1 Å². The van der Waals surface area contributed by atoms with Crippen molar-refractivity contribution in [1.82, 2.24) is 0 Å². The second kappa shape index (κ2) is 23.1. The van der Waals surface area contributed by atoms with Gasteiger partial charge in [0.1, 0.15) is 4.90 Å². The van der Waals surface area contributed by atoms with Gasteiger partial charge in [0, 0.05) is 5.39 Å². The standard InChI is InChI=1S/C38H64O3S/c1-3-5-7-9-11-13-15-17-19-21-23-25-28-34-32-37-35(30-27-31-36(37)38(33-34)42(39,40)41)29-26-24-22-20-18-16-14-12-10-8-6-4-2/h27,30-33H,3-26,28-29H2,1-2H3,(H,39,40,41). The van der Waals surface area contributed by atoms with Crippen LogP contribution in [0.2, 0.25) is 0 Å². The average molecular weight is 601 g/mol. The van der Waals surface area contributed by atoms with E-state index in [1.807, 2.05) is 12.1 Å². The number of benzene rings is 2. The fourth-order valence-corrected chi connectivity index (χ4v) is 7.13. The monoisotopic (exact) mass is 600 g/mol. The molecule has 42 heavy (non-hydrogen) atoms. The van der Waals surface area contributed by atoms with Gasteiger partial charge in [-0.3, -0.25) is 4.55 Å². The fourth-order valence-electron chi connectivity index (χ4n) is 6.37. The Morgan fingerprint density at radius 2 is 0.905 bits per heavy atom. The third-order valence-electron chi connectivity index (χ3n) is 9.00. The van der Waals surface area contributed by atoms with Crippen LogP contribution in [0.5, 0.6) is 0 Å². The fraction of sp³-hybridized carbons (Fsp3) is 0.737. The van der Waals surface area contributed by atoms with Gasteiger partial charge in [0.2, 0.25) is 0 Å². The van der Waals surface area contributed by atoms with Gasteiger partial charge in [0.15, 0.2) is 0 Å². The van der Waals surface area contributed by atoms with Crippen molar-refractivity contribution in [2.45, 2.75) is 186 Å². The highest BCUT2D eigenvalue weighted by Gasteiger charge is 2.17. The summed E-state index contributed by atoms with van der Waals surface area (Å²) in [5.41, 5.74) is 2.24. The molecule has 0 heterocycles. The molecule has 0 saturated carbocycles. The summed E-state index contributed by atoms with van der Waals surface area (Å²) in [6.07, 6.45) is 33.5. The maximum Gasteiger partial charge on any atom is 0.295 e. The molecule has 3 nitrogen and oxygen atoms in total. The highest BCUT2D eigenvalue weighted by Crippen LogP contribution is 2.30. The van der Waals surface area contributed by atoms with Crippen molar-refractivity contribution in [1.29, 1.82) is 0 Å². The molecule has 2 rings (SSSR count). The lowest BCUT2D eigenvalue weighted by Crippen LogP contribution is -2.02. The van der Waals surface area contributed by atoms with E-state index in [1.165, 1.54) is 147 Å². The Bertz CT molecular complexity index is 1060. The molecule has 1 N–H and O–H groups in total. The summed E-state index contributed by atoms with van der Waals surface area (Å²) in [6, 6.07) is 9.83. The van der Waals surface area contributed by atoms with E-state index >= 15 is 0 Å². The van der Waals surface area contributed by atoms with E-state index in [0.717, 1.165) is 36.6 Å². The molecule has 0 bridgehead atoms. The smallest absolute Gasteiger partial charge is 0.282 e. The quantitative estimate of drug-likeness (QED) is 0.0819. The highest BCUT2D eigenvalue weighted by molar-refractivity contribution is 7.86. The summed E-state index contributed by atoms with van der Waals surface area (Å²) in [7, 11) is -4.27. The minimum absolute atomic E-state index is 0.0745. The van der Waals surface area contributed by atoms with E-state index in [9.17, 15) is 13.0 Å². The molecule has 240 valence electrons. The summed E-state index contributed by atoms with van der Waals surface area (Å²) in [5.74, 6) is 0. The van der Waals surface area contributed by atoms with Gasteiger partial charge in [-0.1, -0.05) is 179 Å². The molecule has 0 fully saturated rings. The SMILES string of the molecule is CCCCCCCCCCCCCCc1cc(S(=O)(=O)O)c2cccc(CCCCCCCCCCCCCC)c2c1. The lowest BCUT2D eigenvalue weighted by molar-refractivity contribution is 0.484. The molecule has 0 aliphatic heterocycles. The van der Waals surface area contributed by atoms with Crippen molar-refractivity contribution in [2.24, 2.45) is 0 Å². The zero-order chi connectivity index (χ0) is 30.3. The Hall–Kier alpha value is -1.39. The van der Waals surface area contributed by atoms with Crippen molar-refractivity contribution in [3.8, 4) is 0 Å². The number of unbranched alkanes of at least 4 members (excludes halogenated alkanes) is 22. The van der Waals surface area contributed by atoms with Crippen LogP contribution in [0.4, 0.5) is 0 Å². The Balaban J connectivity index is 1.77. The maximum atomic E-state index is 12.3. The van der Waals surface area contributed by atoms with Gasteiger partial charge in [-0.25, -0.2) is 0 Å². The Morgan fingerprint density at radius 1 is 0.500 bits per heavy atom. The van der Waals surface area contributed by atoms with Crippen molar-refractivity contribution in [3.63, 3.8) is 0 Å². The van der Waals surface area contributed by atoms with Crippen LogP contribution in [-0.4, -0.2) is 13.0 Å². The highest BCUT2D eigenvalue weighted by atomic mass is 32.2. The predicted octanol–water partition coefficient (Wildman–Crippen LogP) is 12.6. The molecule has 0 aromatic heterocycles. The predicted molar refractivity (Wildman–Crippen MR) is 183 cm³/mol. The lowest BCUT2D eigenvalue weighted by Gasteiger charge is -2.13. The van der Waals surface area contributed by atoms with Crippen LogP contribution in [0.15, 0.2) is 35.2 Å². The number of hydrogen-bond donors (Lipinski definition) is 1. The van der Waals surface area contributed by atoms with E-state index in [4.69, 9.17) is 0 Å². The van der Waals surface area contributed by atoms with Crippen LogP contribution < -0.4 is 0 Å². The minimum Gasteiger partial charge on any atom is -0.282 e. The van der Waals surface area contributed by atoms with E-state index in [2.05, 4.69) is 26.0 Å². The topological polar surface area (TPSA) is 54.4 Å². The van der Waals surface area contributed by atoms with Crippen molar-refractivity contribution < 1.29 is 13.0 Å². The third kappa shape index (κ3) is 15.9. The van der Waals surface area contributed by atoms with Gasteiger partial charge in [-0.05, 0) is 48.3 Å². The zero-order valence-corrected chi connectivity index (χ0v) is 28.3. The van der Waals surface area contributed by atoms with Gasteiger partial charge < -0.3 is 0 Å². The summed E-state index contributed by atoms with van der Waals surface area (Å²) in [5, 5.41) is 1.66. The van der Waals surface area contributed by atoms with Gasteiger partial charge in [-0.15, -0.1) is 0 Å². The molecule has 0 atom stereocenters. The van der Waals surface area contributed by atoms with Crippen molar-refractivity contribution >= 4 is 20.9 Å². The minimum atomic E-state index is -4.27. The van der Waals surface area contributed by atoms with Gasteiger partial charge in [0.05, 0.1) is 0 Å². The number of rotatable bonds is 27. The first kappa shape index (κ1) is 36.8. The molecule has 2 aromatic rings. The molecule has 0 spiro atoms. The van der Waals surface area contributed by atoms with E-state index in [1.54, 1.807) is 6.07 Å². The Labute approximate surface area is 260 Å². The van der Waals surface area contributed by atoms with Crippen LogP contribution in [-0.2, 0) is 23.0 Å². The molecule has 0 aliphatic rings. The van der Waals surface area contributed by atoms with Crippen LogP contribution in [0.25, 0.3) is 10.8 Å². The number of hydrogen-bond acceptors (Lipinski definition) is 2. The van der Waals surface area contributed by atoms with Crippen LogP contribution in [0.3, 0.4) is 0 Å². The second-order valence-electron chi connectivity index (χ2n) is 12.9. The van der Waals surface area contributed by atoms with Gasteiger partial charge in [0.25, 0.3) is 10.1 Å². The normalized spacial score (nSPS) is 12.0. The summed E-state index contributed by atoms with van der Waals surface area (Å²) in [4.78, 5) is 0.0745. The van der Waals surface area contributed by atoms with Crippen LogP contribution in [0.1, 0.15) is 179 Å². The summed E-state index contributed by atoms with van der Waals surface area (Å²) >= 11 is 0. The first-order chi connectivity index (χ1) is 20.5. The average Bonchev–Trinajstić information content (AvgIpc) is 2.97. The first-order valence-electron chi connectivity index (χ1n) is 18.0. The van der Waals surface area contributed by atoms with Crippen LogP contribution >= 0.6 is 0 Å². The summed E-state index contributed by atoms with van der Waals surface area (Å²) in [6.45, 7) is 4.54. The second-order valence-corrected chi connectivity index (χ2v) is 14.2. The molecule has 0 aliphatic carbocycles. The number of aryl methyl sites for hydroxylation is 2. The van der Waals surface area contributed by atoms with Crippen molar-refractivity contribution in [2.75, 3.05) is 0 Å². The van der Waals surface area contributed by atoms with E-state index in [-0.39, 0.29) is 4.90 Å². The molecule has 0 radical (unpaired) electrons. The van der Waals surface area contributed by atoms with Crippen LogP contribution in [0, 0.1) is 0 Å². The van der Waals surface area contributed by atoms with Gasteiger partial charge >= 0.3 is 0 Å². The number of fused-ring (bicyclic) bond motifs is 1. The zero-order valence-electron chi connectivity index (χ0n) is 27.4. The summed E-state index contributed by atoms with van der Waals surface area (Å²) < 4.78 is 34.7. The third-order valence-corrected chi connectivity index (χ3v) is 9.90.